The Morgan fingerprint density at radius 3 is 2.57 bits per heavy atom. The summed E-state index contributed by atoms with van der Waals surface area (Å²) in [5.41, 5.74) is 1.03. The molecule has 0 aromatic carbocycles. The lowest BCUT2D eigenvalue weighted by atomic mass is 10.1. The van der Waals surface area contributed by atoms with Gasteiger partial charge < -0.3 is 14.9 Å². The summed E-state index contributed by atoms with van der Waals surface area (Å²) in [5, 5.41) is 10.7. The third-order valence-corrected chi connectivity index (χ3v) is 3.10. The zero-order chi connectivity index (χ0) is 10.7. The van der Waals surface area contributed by atoms with Crippen LogP contribution >= 0.6 is 12.2 Å². The Morgan fingerprint density at radius 1 is 1.50 bits per heavy atom. The van der Waals surface area contributed by atoms with Crippen molar-refractivity contribution in [2.45, 2.75) is 27.0 Å². The Bertz CT molecular complexity index is 253. The van der Waals surface area contributed by atoms with E-state index < -0.39 is 6.23 Å². The van der Waals surface area contributed by atoms with Crippen molar-refractivity contribution in [3.8, 4) is 0 Å². The van der Waals surface area contributed by atoms with Crippen molar-refractivity contribution in [3.05, 3.63) is 11.6 Å². The number of hydrogen-bond donors (Lipinski definition) is 1. The fourth-order valence-electron chi connectivity index (χ4n) is 1.65. The lowest BCUT2D eigenvalue weighted by Gasteiger charge is -2.42. The standard InChI is InChI=1S/C10H18N2OS/c1-4-8-7-11(5-2)10(14)12(6-3)9(8)13/h4,9,13H,5-7H2,1-3H3/b8-4-/t9-/m1/s1. The maximum atomic E-state index is 9.96. The number of aliphatic hydroxyl groups excluding tert-OH is 1. The molecule has 0 amide bonds. The molecule has 1 atom stereocenters. The van der Waals surface area contributed by atoms with Crippen LogP contribution in [-0.4, -0.2) is 45.9 Å². The van der Waals surface area contributed by atoms with Gasteiger partial charge in [0.25, 0.3) is 0 Å². The molecule has 0 saturated carbocycles. The monoisotopic (exact) mass is 214 g/mol. The van der Waals surface area contributed by atoms with Crippen LogP contribution in [0.25, 0.3) is 0 Å². The summed E-state index contributed by atoms with van der Waals surface area (Å²) in [5.74, 6) is 0. The Kier molecular flexibility index (Phi) is 3.89. The van der Waals surface area contributed by atoms with Crippen LogP contribution in [-0.2, 0) is 0 Å². The summed E-state index contributed by atoms with van der Waals surface area (Å²) in [7, 11) is 0. The van der Waals surface area contributed by atoms with Gasteiger partial charge in [-0.05, 0) is 38.6 Å². The third kappa shape index (κ3) is 1.91. The van der Waals surface area contributed by atoms with Crippen LogP contribution in [0.1, 0.15) is 20.8 Å². The first-order chi connectivity index (χ1) is 6.65. The molecule has 1 aliphatic heterocycles. The minimum absolute atomic E-state index is 0.528. The van der Waals surface area contributed by atoms with Crippen LogP contribution in [0.4, 0.5) is 0 Å². The SMILES string of the molecule is C/C=C1/CN(CC)C(=S)N(CC)[C@@H]1O. The van der Waals surface area contributed by atoms with Gasteiger partial charge in [0.1, 0.15) is 0 Å². The maximum absolute atomic E-state index is 9.96. The highest BCUT2D eigenvalue weighted by atomic mass is 32.1. The second-order valence-corrected chi connectivity index (χ2v) is 3.69. The molecule has 0 spiro atoms. The molecular formula is C10H18N2OS. The van der Waals surface area contributed by atoms with Gasteiger partial charge >= 0.3 is 0 Å². The third-order valence-electron chi connectivity index (χ3n) is 2.61. The molecule has 1 saturated heterocycles. The molecule has 1 rings (SSSR count). The minimum atomic E-state index is -0.528. The molecule has 1 aliphatic rings. The molecule has 0 bridgehead atoms. The van der Waals surface area contributed by atoms with E-state index in [2.05, 4.69) is 11.8 Å². The van der Waals surface area contributed by atoms with Gasteiger partial charge in [-0.15, -0.1) is 0 Å². The molecule has 1 N–H and O–H groups in total. The first kappa shape index (κ1) is 11.5. The molecule has 0 aliphatic carbocycles. The van der Waals surface area contributed by atoms with Crippen molar-refractivity contribution in [2.24, 2.45) is 0 Å². The molecule has 80 valence electrons. The number of aliphatic hydroxyl groups is 1. The van der Waals surface area contributed by atoms with Gasteiger partial charge in [0, 0.05) is 19.6 Å². The second kappa shape index (κ2) is 4.75. The average molecular weight is 214 g/mol. The molecule has 3 nitrogen and oxygen atoms in total. The normalized spacial score (nSPS) is 26.1. The first-order valence-corrected chi connectivity index (χ1v) is 5.45. The fourth-order valence-corrected chi connectivity index (χ4v) is 2.07. The summed E-state index contributed by atoms with van der Waals surface area (Å²) in [6.07, 6.45) is 1.44. The fraction of sp³-hybridized carbons (Fsp3) is 0.700. The topological polar surface area (TPSA) is 26.7 Å². The van der Waals surface area contributed by atoms with Crippen LogP contribution in [0.15, 0.2) is 11.6 Å². The van der Waals surface area contributed by atoms with Crippen molar-refractivity contribution >= 4 is 17.3 Å². The first-order valence-electron chi connectivity index (χ1n) is 5.04. The summed E-state index contributed by atoms with van der Waals surface area (Å²) in [4.78, 5) is 3.94. The van der Waals surface area contributed by atoms with E-state index in [1.165, 1.54) is 0 Å². The van der Waals surface area contributed by atoms with Crippen LogP contribution in [0.3, 0.4) is 0 Å². The Balaban J connectivity index is 2.89. The Morgan fingerprint density at radius 2 is 2.14 bits per heavy atom. The summed E-state index contributed by atoms with van der Waals surface area (Å²) in [6.45, 7) is 8.42. The van der Waals surface area contributed by atoms with Crippen molar-refractivity contribution in [1.82, 2.24) is 9.80 Å². The lowest BCUT2D eigenvalue weighted by molar-refractivity contribution is 0.0610. The Hall–Kier alpha value is -0.610. The van der Waals surface area contributed by atoms with E-state index in [-0.39, 0.29) is 0 Å². The van der Waals surface area contributed by atoms with Crippen LogP contribution in [0.5, 0.6) is 0 Å². The van der Waals surface area contributed by atoms with Crippen molar-refractivity contribution in [2.75, 3.05) is 19.6 Å². The largest absolute Gasteiger partial charge is 0.369 e. The molecule has 0 aromatic rings. The number of rotatable bonds is 2. The lowest BCUT2D eigenvalue weighted by Crippen LogP contribution is -2.55. The van der Waals surface area contributed by atoms with E-state index in [0.717, 1.165) is 30.3 Å². The minimum Gasteiger partial charge on any atom is -0.369 e. The van der Waals surface area contributed by atoms with E-state index >= 15 is 0 Å². The Labute approximate surface area is 91.0 Å². The molecule has 0 aromatic heterocycles. The van der Waals surface area contributed by atoms with E-state index in [9.17, 15) is 5.11 Å². The average Bonchev–Trinajstić information content (AvgIpc) is 2.19. The summed E-state index contributed by atoms with van der Waals surface area (Å²) in [6, 6.07) is 0. The predicted octanol–water partition coefficient (Wildman–Crippen LogP) is 1.19. The summed E-state index contributed by atoms with van der Waals surface area (Å²) < 4.78 is 0. The van der Waals surface area contributed by atoms with Crippen LogP contribution in [0, 0.1) is 0 Å². The van der Waals surface area contributed by atoms with E-state index in [1.807, 2.05) is 24.8 Å². The molecule has 0 unspecified atom stereocenters. The number of thiocarbonyl (C=S) groups is 1. The van der Waals surface area contributed by atoms with E-state index in [4.69, 9.17) is 12.2 Å². The van der Waals surface area contributed by atoms with E-state index in [1.54, 1.807) is 0 Å². The van der Waals surface area contributed by atoms with Crippen molar-refractivity contribution < 1.29 is 5.11 Å². The zero-order valence-corrected chi connectivity index (χ0v) is 9.84. The molecule has 0 radical (unpaired) electrons. The predicted molar refractivity (Wildman–Crippen MR) is 62.0 cm³/mol. The smallest absolute Gasteiger partial charge is 0.174 e. The molecule has 4 heteroatoms. The molecule has 1 heterocycles. The van der Waals surface area contributed by atoms with Crippen molar-refractivity contribution in [1.29, 1.82) is 0 Å². The number of hydrogen-bond acceptors (Lipinski definition) is 2. The summed E-state index contributed by atoms with van der Waals surface area (Å²) >= 11 is 5.29. The van der Waals surface area contributed by atoms with E-state index in [0.29, 0.717) is 0 Å². The highest BCUT2D eigenvalue weighted by Crippen LogP contribution is 2.18. The van der Waals surface area contributed by atoms with Crippen molar-refractivity contribution in [3.63, 3.8) is 0 Å². The number of allylic oxidation sites excluding steroid dienone is 1. The second-order valence-electron chi connectivity index (χ2n) is 3.32. The van der Waals surface area contributed by atoms with Gasteiger partial charge in [0.15, 0.2) is 11.3 Å². The zero-order valence-electron chi connectivity index (χ0n) is 9.03. The number of likely N-dealkylation sites (N-methyl/N-ethyl adjacent to an activating group) is 2. The maximum Gasteiger partial charge on any atom is 0.174 e. The molecular weight excluding hydrogens is 196 g/mol. The molecule has 14 heavy (non-hydrogen) atoms. The molecule has 1 fully saturated rings. The van der Waals surface area contributed by atoms with Gasteiger partial charge in [-0.3, -0.25) is 0 Å². The van der Waals surface area contributed by atoms with Gasteiger partial charge in [0.05, 0.1) is 0 Å². The quantitative estimate of drug-likeness (QED) is 0.552. The van der Waals surface area contributed by atoms with Gasteiger partial charge in [-0.25, -0.2) is 0 Å². The van der Waals surface area contributed by atoms with Crippen LogP contribution in [0.2, 0.25) is 0 Å². The van der Waals surface area contributed by atoms with Gasteiger partial charge in [-0.1, -0.05) is 6.08 Å². The highest BCUT2D eigenvalue weighted by molar-refractivity contribution is 7.80. The van der Waals surface area contributed by atoms with Gasteiger partial charge in [-0.2, -0.15) is 0 Å². The number of nitrogens with zero attached hydrogens (tertiary/aromatic N) is 2. The van der Waals surface area contributed by atoms with Crippen LogP contribution < -0.4 is 0 Å². The highest BCUT2D eigenvalue weighted by Gasteiger charge is 2.29. The van der Waals surface area contributed by atoms with Gasteiger partial charge in [0.2, 0.25) is 0 Å².